The van der Waals surface area contributed by atoms with Crippen LogP contribution in [0.5, 0.6) is 0 Å². The van der Waals surface area contributed by atoms with Crippen molar-refractivity contribution in [3.05, 3.63) is 59.9 Å². The van der Waals surface area contributed by atoms with Gasteiger partial charge in [0.05, 0.1) is 31.5 Å². The van der Waals surface area contributed by atoms with E-state index < -0.39 is 0 Å². The van der Waals surface area contributed by atoms with Gasteiger partial charge in [0.2, 0.25) is 0 Å². The summed E-state index contributed by atoms with van der Waals surface area (Å²) in [6.07, 6.45) is 3.36. The highest BCUT2D eigenvalue weighted by atomic mass is 16.5. The normalized spacial score (nSPS) is 11.0. The first-order valence-corrected chi connectivity index (χ1v) is 8.85. The summed E-state index contributed by atoms with van der Waals surface area (Å²) in [5, 5.41) is 5.27. The minimum atomic E-state index is -0.0886. The van der Waals surface area contributed by atoms with Gasteiger partial charge in [-0.3, -0.25) is 4.79 Å². The maximum atomic E-state index is 12.8. The van der Waals surface area contributed by atoms with E-state index in [-0.39, 0.29) is 5.91 Å². The molecule has 3 aromatic rings. The van der Waals surface area contributed by atoms with Gasteiger partial charge in [-0.25, -0.2) is 9.67 Å². The van der Waals surface area contributed by atoms with Crippen LogP contribution in [0.2, 0.25) is 0 Å². The van der Waals surface area contributed by atoms with Crippen LogP contribution in [0.4, 0.5) is 0 Å². The zero-order valence-electron chi connectivity index (χ0n) is 15.7. The lowest BCUT2D eigenvalue weighted by molar-refractivity contribution is 0.0627. The summed E-state index contributed by atoms with van der Waals surface area (Å²) in [6, 6.07) is 11.9. The van der Waals surface area contributed by atoms with Gasteiger partial charge in [-0.15, -0.1) is 0 Å². The van der Waals surface area contributed by atoms with Gasteiger partial charge in [0.1, 0.15) is 0 Å². The summed E-state index contributed by atoms with van der Waals surface area (Å²) in [7, 11) is 3.24. The Morgan fingerprint density at radius 1 is 1.07 bits per heavy atom. The number of carbonyl (C=O) groups excluding carboxylic acids is 1. The molecule has 142 valence electrons. The fourth-order valence-electron chi connectivity index (χ4n) is 2.86. The monoisotopic (exact) mass is 368 g/mol. The molecule has 27 heavy (non-hydrogen) atoms. The first-order valence-electron chi connectivity index (χ1n) is 8.85. The summed E-state index contributed by atoms with van der Waals surface area (Å²) < 4.78 is 12.0. The zero-order chi connectivity index (χ0) is 19.1. The Labute approximate surface area is 158 Å². The third-order valence-corrected chi connectivity index (χ3v) is 4.32. The van der Waals surface area contributed by atoms with Crippen molar-refractivity contribution in [2.45, 2.75) is 6.54 Å². The number of amides is 1. The fourth-order valence-corrected chi connectivity index (χ4v) is 2.86. The van der Waals surface area contributed by atoms with Crippen LogP contribution in [0.15, 0.2) is 48.8 Å². The fraction of sp³-hybridized carbons (Fsp3) is 0.350. The van der Waals surface area contributed by atoms with Gasteiger partial charge >= 0.3 is 0 Å². The molecule has 0 saturated heterocycles. The molecule has 0 radical (unpaired) electrons. The summed E-state index contributed by atoms with van der Waals surface area (Å²) in [5.41, 5.74) is 2.44. The summed E-state index contributed by atoms with van der Waals surface area (Å²) in [4.78, 5) is 19.1. The van der Waals surface area contributed by atoms with E-state index in [2.05, 4.69) is 22.2 Å². The Balaban J connectivity index is 1.80. The molecule has 0 bridgehead atoms. The number of ether oxygens (including phenoxy) is 2. The zero-order valence-corrected chi connectivity index (χ0v) is 15.7. The number of pyridine rings is 1. The van der Waals surface area contributed by atoms with Crippen molar-refractivity contribution in [1.82, 2.24) is 19.7 Å². The number of aromatic nitrogens is 3. The van der Waals surface area contributed by atoms with Crippen LogP contribution >= 0.6 is 0 Å². The van der Waals surface area contributed by atoms with E-state index in [1.54, 1.807) is 31.5 Å². The van der Waals surface area contributed by atoms with Crippen molar-refractivity contribution in [2.24, 2.45) is 0 Å². The largest absolute Gasteiger partial charge is 0.383 e. The minimum Gasteiger partial charge on any atom is -0.383 e. The molecule has 0 N–H and O–H groups in total. The first kappa shape index (κ1) is 19.0. The lowest BCUT2D eigenvalue weighted by Crippen LogP contribution is -2.36. The third kappa shape index (κ3) is 4.69. The van der Waals surface area contributed by atoms with Crippen LogP contribution in [0, 0.1) is 0 Å². The second kappa shape index (κ2) is 9.25. The van der Waals surface area contributed by atoms with Crippen LogP contribution < -0.4 is 0 Å². The van der Waals surface area contributed by atoms with E-state index in [9.17, 15) is 4.79 Å². The molecule has 2 heterocycles. The van der Waals surface area contributed by atoms with Crippen LogP contribution in [-0.4, -0.2) is 66.1 Å². The molecule has 0 aliphatic heterocycles. The Bertz CT molecular complexity index is 871. The van der Waals surface area contributed by atoms with Crippen LogP contribution in [0.3, 0.4) is 0 Å². The van der Waals surface area contributed by atoms with Gasteiger partial charge in [-0.2, -0.15) is 5.10 Å². The van der Waals surface area contributed by atoms with Crippen LogP contribution in [-0.2, 0) is 16.0 Å². The molecule has 2 aromatic heterocycles. The number of rotatable bonds is 9. The molecular weight excluding hydrogens is 344 g/mol. The Kier molecular flexibility index (Phi) is 6.51. The lowest BCUT2D eigenvalue weighted by atomic mass is 10.2. The molecule has 0 aliphatic rings. The summed E-state index contributed by atoms with van der Waals surface area (Å²) in [6.45, 7) is 2.59. The van der Waals surface area contributed by atoms with E-state index in [1.165, 1.54) is 0 Å². The Morgan fingerprint density at radius 2 is 1.78 bits per heavy atom. The molecule has 1 amide bonds. The van der Waals surface area contributed by atoms with Gasteiger partial charge in [-0.05, 0) is 11.6 Å². The number of nitrogens with zero attached hydrogens (tertiary/aromatic N) is 4. The van der Waals surface area contributed by atoms with Crippen molar-refractivity contribution >= 4 is 16.9 Å². The molecule has 3 rings (SSSR count). The first-order chi connectivity index (χ1) is 13.2. The summed E-state index contributed by atoms with van der Waals surface area (Å²) >= 11 is 0. The molecule has 1 aromatic carbocycles. The quantitative estimate of drug-likeness (QED) is 0.579. The standard InChI is InChI=1S/C20H24N4O3/c1-26-10-8-23(9-11-27-2)20(25)18-12-17-14-22-24(19(17)21-13-18)15-16-6-4-3-5-7-16/h3-7,12-14H,8-11,15H2,1-2H3. The SMILES string of the molecule is COCCN(CCOC)C(=O)c1cnc2c(cnn2Cc2ccccc2)c1. The number of methoxy groups -OCH3 is 2. The van der Waals surface area contributed by atoms with Gasteiger partial charge in [0.25, 0.3) is 5.91 Å². The predicted octanol–water partition coefficient (Wildman–Crippen LogP) is 2.21. The average Bonchev–Trinajstić information content (AvgIpc) is 3.10. The van der Waals surface area contributed by atoms with Crippen molar-refractivity contribution in [3.8, 4) is 0 Å². The highest BCUT2D eigenvalue weighted by Crippen LogP contribution is 2.16. The van der Waals surface area contributed by atoms with E-state index in [1.807, 2.05) is 28.9 Å². The number of fused-ring (bicyclic) bond motifs is 1. The van der Waals surface area contributed by atoms with E-state index in [0.29, 0.717) is 38.4 Å². The van der Waals surface area contributed by atoms with Crippen molar-refractivity contribution < 1.29 is 14.3 Å². The lowest BCUT2D eigenvalue weighted by Gasteiger charge is -2.22. The molecule has 7 heteroatoms. The van der Waals surface area contributed by atoms with Crippen LogP contribution in [0.1, 0.15) is 15.9 Å². The second-order valence-electron chi connectivity index (χ2n) is 6.20. The molecule has 0 fully saturated rings. The topological polar surface area (TPSA) is 69.5 Å². The Hall–Kier alpha value is -2.77. The highest BCUT2D eigenvalue weighted by molar-refractivity contribution is 5.96. The second-order valence-corrected chi connectivity index (χ2v) is 6.20. The van der Waals surface area contributed by atoms with E-state index in [4.69, 9.17) is 9.47 Å². The number of carbonyl (C=O) groups is 1. The number of benzene rings is 1. The molecule has 0 unspecified atom stereocenters. The van der Waals surface area contributed by atoms with Crippen molar-refractivity contribution in [1.29, 1.82) is 0 Å². The predicted molar refractivity (Wildman–Crippen MR) is 103 cm³/mol. The Morgan fingerprint density at radius 3 is 2.44 bits per heavy atom. The maximum absolute atomic E-state index is 12.8. The van der Waals surface area contributed by atoms with Gasteiger partial charge in [-0.1, -0.05) is 30.3 Å². The molecule has 0 spiro atoms. The van der Waals surface area contributed by atoms with Gasteiger partial charge in [0.15, 0.2) is 5.65 Å². The molecule has 0 atom stereocenters. The van der Waals surface area contributed by atoms with E-state index >= 15 is 0 Å². The van der Waals surface area contributed by atoms with Crippen LogP contribution in [0.25, 0.3) is 11.0 Å². The minimum absolute atomic E-state index is 0.0886. The smallest absolute Gasteiger partial charge is 0.255 e. The van der Waals surface area contributed by atoms with Crippen molar-refractivity contribution in [2.75, 3.05) is 40.5 Å². The molecule has 7 nitrogen and oxygen atoms in total. The van der Waals surface area contributed by atoms with Crippen molar-refractivity contribution in [3.63, 3.8) is 0 Å². The molecular formula is C20H24N4O3. The maximum Gasteiger partial charge on any atom is 0.255 e. The average molecular weight is 368 g/mol. The van der Waals surface area contributed by atoms with Gasteiger partial charge < -0.3 is 14.4 Å². The molecule has 0 aliphatic carbocycles. The van der Waals surface area contributed by atoms with E-state index in [0.717, 1.165) is 16.6 Å². The van der Waals surface area contributed by atoms with Gasteiger partial charge in [0, 0.05) is 38.9 Å². The number of hydrogen-bond donors (Lipinski definition) is 0. The highest BCUT2D eigenvalue weighted by Gasteiger charge is 2.17. The number of hydrogen-bond acceptors (Lipinski definition) is 5. The molecule has 0 saturated carbocycles. The third-order valence-electron chi connectivity index (χ3n) is 4.32. The summed E-state index contributed by atoms with van der Waals surface area (Å²) in [5.74, 6) is -0.0886.